The average molecular weight is 398 g/mol. The Bertz CT molecular complexity index is 892. The van der Waals surface area contributed by atoms with Gasteiger partial charge in [-0.3, -0.25) is 10.3 Å². The van der Waals surface area contributed by atoms with E-state index in [2.05, 4.69) is 26.7 Å². The average Bonchev–Trinajstić information content (AvgIpc) is 3.46. The minimum Gasteiger partial charge on any atom is -0.488 e. The fourth-order valence-electron chi connectivity index (χ4n) is 3.49. The van der Waals surface area contributed by atoms with Crippen LogP contribution in [0.3, 0.4) is 0 Å². The van der Waals surface area contributed by atoms with E-state index in [0.29, 0.717) is 23.5 Å². The van der Waals surface area contributed by atoms with Crippen molar-refractivity contribution < 1.29 is 9.13 Å². The van der Waals surface area contributed by atoms with Crippen LogP contribution in [0, 0.1) is 5.41 Å². The van der Waals surface area contributed by atoms with Gasteiger partial charge in [0, 0.05) is 50.0 Å². The van der Waals surface area contributed by atoms with Crippen LogP contribution in [-0.4, -0.2) is 65.6 Å². The molecule has 1 aromatic heterocycles. The van der Waals surface area contributed by atoms with Crippen LogP contribution >= 0.6 is 0 Å². The van der Waals surface area contributed by atoms with Crippen LogP contribution in [0.5, 0.6) is 5.75 Å². The monoisotopic (exact) mass is 398 g/mol. The standard InChI is InChI=1S/C21H27FN6O/c1-21(4-5-21)29-15-2-3-17(23)16(12-15)20(24)18-13-19(26-14-25-18)28-10-8-27(7-6-22)9-11-28/h2-3,12-14,24H,4-11,23H2,1H3. The quantitative estimate of drug-likeness (QED) is 0.550. The number of rotatable bonds is 7. The molecule has 2 fully saturated rings. The SMILES string of the molecule is CC1(Oc2ccc(N)c(C(=N)c3cc(N4CCN(CCF)CC4)ncn3)c2)CC1. The van der Waals surface area contributed by atoms with Gasteiger partial charge in [0.2, 0.25) is 0 Å². The molecule has 3 N–H and O–H groups in total. The number of ether oxygens (including phenoxy) is 1. The maximum absolute atomic E-state index is 12.5. The Morgan fingerprint density at radius 2 is 1.97 bits per heavy atom. The van der Waals surface area contributed by atoms with Crippen molar-refractivity contribution in [2.24, 2.45) is 0 Å². The molecule has 4 rings (SSSR count). The predicted molar refractivity (Wildman–Crippen MR) is 112 cm³/mol. The lowest BCUT2D eigenvalue weighted by Crippen LogP contribution is -2.47. The third-order valence-corrected chi connectivity index (χ3v) is 5.62. The summed E-state index contributed by atoms with van der Waals surface area (Å²) in [4.78, 5) is 12.9. The number of piperazine rings is 1. The van der Waals surface area contributed by atoms with Gasteiger partial charge in [0.05, 0.1) is 11.4 Å². The Morgan fingerprint density at radius 1 is 1.21 bits per heavy atom. The number of benzene rings is 1. The Hall–Kier alpha value is -2.74. The number of alkyl halides is 1. The van der Waals surface area contributed by atoms with E-state index in [-0.39, 0.29) is 18.0 Å². The number of halogens is 1. The van der Waals surface area contributed by atoms with Gasteiger partial charge in [-0.1, -0.05) is 0 Å². The number of anilines is 2. The number of hydrogen-bond acceptors (Lipinski definition) is 7. The third kappa shape index (κ3) is 4.48. The molecule has 0 amide bonds. The lowest BCUT2D eigenvalue weighted by Gasteiger charge is -2.34. The van der Waals surface area contributed by atoms with Crippen molar-refractivity contribution in [2.75, 3.05) is 50.0 Å². The molecule has 154 valence electrons. The number of nitrogen functional groups attached to an aromatic ring is 1. The van der Waals surface area contributed by atoms with Crippen molar-refractivity contribution >= 4 is 17.2 Å². The predicted octanol–water partition coefficient (Wildman–Crippen LogP) is 2.50. The van der Waals surface area contributed by atoms with Crippen molar-refractivity contribution in [3.63, 3.8) is 0 Å². The number of aromatic nitrogens is 2. The Balaban J connectivity index is 1.51. The zero-order chi connectivity index (χ0) is 20.4. The van der Waals surface area contributed by atoms with Gasteiger partial charge in [-0.05, 0) is 38.0 Å². The van der Waals surface area contributed by atoms with Gasteiger partial charge in [-0.15, -0.1) is 0 Å². The molecule has 29 heavy (non-hydrogen) atoms. The topological polar surface area (TPSA) is 91.4 Å². The second-order valence-electron chi connectivity index (χ2n) is 7.96. The summed E-state index contributed by atoms with van der Waals surface area (Å²) < 4.78 is 18.6. The van der Waals surface area contributed by atoms with Crippen LogP contribution in [0.25, 0.3) is 0 Å². The molecule has 2 heterocycles. The summed E-state index contributed by atoms with van der Waals surface area (Å²) >= 11 is 0. The van der Waals surface area contributed by atoms with Gasteiger partial charge in [0.1, 0.15) is 30.2 Å². The van der Waals surface area contributed by atoms with E-state index >= 15 is 0 Å². The molecule has 0 radical (unpaired) electrons. The van der Waals surface area contributed by atoms with Crippen LogP contribution in [-0.2, 0) is 0 Å². The maximum Gasteiger partial charge on any atom is 0.132 e. The number of nitrogens with zero attached hydrogens (tertiary/aromatic N) is 4. The first-order valence-electron chi connectivity index (χ1n) is 10.0. The molecule has 2 aliphatic rings. The first kappa shape index (κ1) is 19.6. The second kappa shape index (κ2) is 7.94. The van der Waals surface area contributed by atoms with Crippen LogP contribution in [0.15, 0.2) is 30.6 Å². The van der Waals surface area contributed by atoms with Gasteiger partial charge in [0.25, 0.3) is 0 Å². The zero-order valence-electron chi connectivity index (χ0n) is 16.7. The summed E-state index contributed by atoms with van der Waals surface area (Å²) in [5, 5.41) is 8.66. The smallest absolute Gasteiger partial charge is 0.132 e. The molecule has 7 nitrogen and oxygen atoms in total. The summed E-state index contributed by atoms with van der Waals surface area (Å²) in [5.41, 5.74) is 7.93. The Morgan fingerprint density at radius 3 is 2.66 bits per heavy atom. The number of nitrogens with two attached hydrogens (primary N) is 1. The van der Waals surface area contributed by atoms with Gasteiger partial charge >= 0.3 is 0 Å². The van der Waals surface area contributed by atoms with Crippen molar-refractivity contribution in [3.8, 4) is 5.75 Å². The highest BCUT2D eigenvalue weighted by atomic mass is 19.1. The molecule has 0 atom stereocenters. The summed E-state index contributed by atoms with van der Waals surface area (Å²) in [7, 11) is 0. The van der Waals surface area contributed by atoms with E-state index < -0.39 is 0 Å². The normalized spacial score (nSPS) is 18.5. The molecule has 1 saturated carbocycles. The highest BCUT2D eigenvalue weighted by Crippen LogP contribution is 2.40. The molecule has 1 aliphatic heterocycles. The third-order valence-electron chi connectivity index (χ3n) is 5.62. The molecule has 0 unspecified atom stereocenters. The van der Waals surface area contributed by atoms with Crippen LogP contribution in [0.1, 0.15) is 31.0 Å². The second-order valence-corrected chi connectivity index (χ2v) is 7.96. The first-order valence-corrected chi connectivity index (χ1v) is 10.0. The van der Waals surface area contributed by atoms with Crippen molar-refractivity contribution in [2.45, 2.75) is 25.4 Å². The maximum atomic E-state index is 12.5. The van der Waals surface area contributed by atoms with E-state index in [1.807, 2.05) is 18.2 Å². The fourth-order valence-corrected chi connectivity index (χ4v) is 3.49. The summed E-state index contributed by atoms with van der Waals surface area (Å²) in [6.07, 6.45) is 3.56. The van der Waals surface area contributed by atoms with E-state index in [0.717, 1.165) is 50.6 Å². The first-order chi connectivity index (χ1) is 14.0. The van der Waals surface area contributed by atoms with Crippen LogP contribution < -0.4 is 15.4 Å². The van der Waals surface area contributed by atoms with E-state index in [1.54, 1.807) is 6.07 Å². The fraction of sp³-hybridized carbons (Fsp3) is 0.476. The lowest BCUT2D eigenvalue weighted by molar-refractivity contribution is 0.200. The van der Waals surface area contributed by atoms with Crippen LogP contribution in [0.2, 0.25) is 0 Å². The highest BCUT2D eigenvalue weighted by Gasteiger charge is 2.40. The Kier molecular flexibility index (Phi) is 5.36. The summed E-state index contributed by atoms with van der Waals surface area (Å²) in [6.45, 7) is 5.38. The largest absolute Gasteiger partial charge is 0.488 e. The molecular formula is C21H27FN6O. The summed E-state index contributed by atoms with van der Waals surface area (Å²) in [5.74, 6) is 1.49. The van der Waals surface area contributed by atoms with Gasteiger partial charge in [-0.2, -0.15) is 0 Å². The van der Waals surface area contributed by atoms with Gasteiger partial charge in [0.15, 0.2) is 0 Å². The minimum atomic E-state index is -0.321. The van der Waals surface area contributed by atoms with Crippen LogP contribution in [0.4, 0.5) is 15.9 Å². The zero-order valence-corrected chi connectivity index (χ0v) is 16.7. The number of nitrogens with one attached hydrogen (secondary N) is 1. The Labute approximate surface area is 170 Å². The van der Waals surface area contributed by atoms with E-state index in [4.69, 9.17) is 15.9 Å². The lowest BCUT2D eigenvalue weighted by atomic mass is 10.0. The number of hydrogen-bond donors (Lipinski definition) is 2. The van der Waals surface area contributed by atoms with E-state index in [1.165, 1.54) is 6.33 Å². The van der Waals surface area contributed by atoms with Crippen molar-refractivity contribution in [1.82, 2.24) is 14.9 Å². The molecule has 8 heteroatoms. The summed E-state index contributed by atoms with van der Waals surface area (Å²) in [6, 6.07) is 7.26. The van der Waals surface area contributed by atoms with Crippen molar-refractivity contribution in [3.05, 3.63) is 41.9 Å². The van der Waals surface area contributed by atoms with Gasteiger partial charge in [-0.25, -0.2) is 14.4 Å². The minimum absolute atomic E-state index is 0.0953. The van der Waals surface area contributed by atoms with Gasteiger partial charge < -0.3 is 15.4 Å². The molecule has 0 bridgehead atoms. The molecule has 1 aromatic carbocycles. The molecule has 1 saturated heterocycles. The molecular weight excluding hydrogens is 371 g/mol. The molecule has 0 spiro atoms. The molecule has 2 aromatic rings. The molecule has 1 aliphatic carbocycles. The van der Waals surface area contributed by atoms with E-state index in [9.17, 15) is 4.39 Å². The highest BCUT2D eigenvalue weighted by molar-refractivity contribution is 6.13. The van der Waals surface area contributed by atoms with Crippen molar-refractivity contribution in [1.29, 1.82) is 5.41 Å².